The maximum atomic E-state index is 12.0. The Kier molecular flexibility index (Phi) is 5.54. The second-order valence-electron chi connectivity index (χ2n) is 4.99. The lowest BCUT2D eigenvalue weighted by Gasteiger charge is -2.11. The minimum Gasteiger partial charge on any atom is -0.333 e. The average Bonchev–Trinajstić information content (AvgIpc) is 2.53. The molecule has 0 saturated carbocycles. The van der Waals surface area contributed by atoms with E-state index in [1.54, 1.807) is 18.2 Å². The zero-order valence-electron chi connectivity index (χ0n) is 12.2. The van der Waals surface area contributed by atoms with Crippen LogP contribution in [0.4, 0.5) is 5.69 Å². The maximum Gasteiger partial charge on any atom is 0.279 e. The van der Waals surface area contributed by atoms with Crippen molar-refractivity contribution in [2.75, 3.05) is 11.9 Å². The van der Waals surface area contributed by atoms with Gasteiger partial charge in [0, 0.05) is 10.6 Å². The van der Waals surface area contributed by atoms with Crippen LogP contribution in [0.3, 0.4) is 0 Å². The highest BCUT2D eigenvalue weighted by Gasteiger charge is 2.13. The van der Waals surface area contributed by atoms with Crippen molar-refractivity contribution in [1.29, 1.82) is 5.26 Å². The molecule has 0 fully saturated rings. The fourth-order valence-electron chi connectivity index (χ4n) is 2.10. The summed E-state index contributed by atoms with van der Waals surface area (Å²) in [6.07, 6.45) is 0. The Hall–Kier alpha value is -2.35. The number of nitrogens with two attached hydrogens (primary N) is 1. The Morgan fingerprint density at radius 1 is 1.32 bits per heavy atom. The van der Waals surface area contributed by atoms with Crippen molar-refractivity contribution in [2.24, 2.45) is 0 Å². The topological polar surface area (TPSA) is 69.5 Å². The lowest BCUT2D eigenvalue weighted by molar-refractivity contribution is -0.682. The Morgan fingerprint density at radius 2 is 2.05 bits per heavy atom. The highest BCUT2D eigenvalue weighted by Crippen LogP contribution is 2.20. The quantitative estimate of drug-likeness (QED) is 0.890. The lowest BCUT2D eigenvalue weighted by Crippen LogP contribution is -2.86. The molecule has 0 spiro atoms. The molecule has 0 saturated heterocycles. The first kappa shape index (κ1) is 16.0. The standard InChI is InChI=1S/C17H16ClN3O/c1-12(13-5-3-2-4-6-13)20-11-17(22)21-16-9-15(18)8-7-14(16)10-19/h2-9,12,20H,11H2,1H3,(H,21,22)/p+1/t12-/m1/s1. The van der Waals surface area contributed by atoms with Crippen LogP contribution in [0.5, 0.6) is 0 Å². The van der Waals surface area contributed by atoms with Crippen LogP contribution < -0.4 is 10.6 Å². The molecule has 0 aliphatic carbocycles. The zero-order chi connectivity index (χ0) is 15.9. The van der Waals surface area contributed by atoms with E-state index in [1.165, 1.54) is 0 Å². The molecular formula is C17H17ClN3O+. The first-order valence-corrected chi connectivity index (χ1v) is 7.35. The van der Waals surface area contributed by atoms with Crippen LogP contribution in [0.1, 0.15) is 24.1 Å². The van der Waals surface area contributed by atoms with Gasteiger partial charge in [0.15, 0.2) is 6.54 Å². The number of anilines is 1. The summed E-state index contributed by atoms with van der Waals surface area (Å²) in [6, 6.07) is 17.0. The molecule has 0 aliphatic rings. The van der Waals surface area contributed by atoms with Gasteiger partial charge in [0.1, 0.15) is 12.1 Å². The molecule has 0 aliphatic heterocycles. The van der Waals surface area contributed by atoms with Gasteiger partial charge in [0.2, 0.25) is 0 Å². The third-order valence-electron chi connectivity index (χ3n) is 3.36. The van der Waals surface area contributed by atoms with Crippen molar-refractivity contribution in [1.82, 2.24) is 0 Å². The van der Waals surface area contributed by atoms with Gasteiger partial charge in [-0.15, -0.1) is 0 Å². The Bertz CT molecular complexity index is 695. The Morgan fingerprint density at radius 3 is 2.73 bits per heavy atom. The number of hydrogen-bond acceptors (Lipinski definition) is 2. The molecule has 1 amide bonds. The summed E-state index contributed by atoms with van der Waals surface area (Å²) in [5.74, 6) is -0.165. The molecule has 0 bridgehead atoms. The van der Waals surface area contributed by atoms with Gasteiger partial charge in [-0.2, -0.15) is 5.26 Å². The van der Waals surface area contributed by atoms with Gasteiger partial charge in [0.05, 0.1) is 11.3 Å². The van der Waals surface area contributed by atoms with E-state index in [0.717, 1.165) is 5.56 Å². The van der Waals surface area contributed by atoms with E-state index in [2.05, 4.69) is 5.32 Å². The monoisotopic (exact) mass is 314 g/mol. The predicted molar refractivity (Wildman–Crippen MR) is 86.4 cm³/mol. The van der Waals surface area contributed by atoms with Crippen molar-refractivity contribution in [2.45, 2.75) is 13.0 Å². The van der Waals surface area contributed by atoms with Gasteiger partial charge in [-0.1, -0.05) is 41.9 Å². The summed E-state index contributed by atoms with van der Waals surface area (Å²) >= 11 is 5.90. The molecule has 5 heteroatoms. The summed E-state index contributed by atoms with van der Waals surface area (Å²) in [4.78, 5) is 12.0. The molecule has 3 N–H and O–H groups in total. The third kappa shape index (κ3) is 4.32. The number of carbonyl (C=O) groups excluding carboxylic acids is 1. The normalized spacial score (nSPS) is 11.5. The van der Waals surface area contributed by atoms with E-state index >= 15 is 0 Å². The van der Waals surface area contributed by atoms with E-state index in [0.29, 0.717) is 16.3 Å². The van der Waals surface area contributed by atoms with E-state index < -0.39 is 0 Å². The van der Waals surface area contributed by atoms with Crippen LogP contribution in [0.2, 0.25) is 5.02 Å². The summed E-state index contributed by atoms with van der Waals surface area (Å²) in [6.45, 7) is 2.32. The van der Waals surface area contributed by atoms with Gasteiger partial charge < -0.3 is 10.6 Å². The number of nitrogens with zero attached hydrogens (tertiary/aromatic N) is 1. The second kappa shape index (κ2) is 7.60. The molecule has 0 unspecified atom stereocenters. The molecule has 0 aromatic heterocycles. The highest BCUT2D eigenvalue weighted by molar-refractivity contribution is 6.31. The summed E-state index contributed by atoms with van der Waals surface area (Å²) in [5, 5.41) is 14.2. The fraction of sp³-hybridized carbons (Fsp3) is 0.176. The molecular weight excluding hydrogens is 298 g/mol. The second-order valence-corrected chi connectivity index (χ2v) is 5.43. The molecule has 0 radical (unpaired) electrons. The minimum atomic E-state index is -0.165. The van der Waals surface area contributed by atoms with Gasteiger partial charge in [0.25, 0.3) is 5.91 Å². The number of nitriles is 1. The molecule has 2 aromatic rings. The molecule has 4 nitrogen and oxygen atoms in total. The molecule has 22 heavy (non-hydrogen) atoms. The molecule has 2 rings (SSSR count). The molecule has 1 atom stereocenters. The van der Waals surface area contributed by atoms with Crippen LogP contribution in [-0.2, 0) is 4.79 Å². The number of quaternary nitrogens is 1. The first-order valence-electron chi connectivity index (χ1n) is 6.98. The zero-order valence-corrected chi connectivity index (χ0v) is 13.0. The van der Waals surface area contributed by atoms with Crippen LogP contribution in [0.25, 0.3) is 0 Å². The summed E-state index contributed by atoms with van der Waals surface area (Å²) in [7, 11) is 0. The van der Waals surface area contributed by atoms with Crippen LogP contribution in [0.15, 0.2) is 48.5 Å². The molecule has 112 valence electrons. The summed E-state index contributed by atoms with van der Waals surface area (Å²) < 4.78 is 0. The van der Waals surface area contributed by atoms with E-state index in [1.807, 2.05) is 48.6 Å². The first-order chi connectivity index (χ1) is 10.6. The lowest BCUT2D eigenvalue weighted by atomic mass is 10.1. The smallest absolute Gasteiger partial charge is 0.279 e. The number of amides is 1. The van der Waals surface area contributed by atoms with E-state index in [4.69, 9.17) is 16.9 Å². The van der Waals surface area contributed by atoms with Crippen LogP contribution in [0, 0.1) is 11.3 Å². The number of rotatable bonds is 5. The largest absolute Gasteiger partial charge is 0.333 e. The maximum absolute atomic E-state index is 12.0. The van der Waals surface area contributed by atoms with Crippen molar-refractivity contribution < 1.29 is 10.1 Å². The van der Waals surface area contributed by atoms with Crippen molar-refractivity contribution in [3.63, 3.8) is 0 Å². The highest BCUT2D eigenvalue weighted by atomic mass is 35.5. The number of carbonyl (C=O) groups is 1. The molecule has 2 aromatic carbocycles. The van der Waals surface area contributed by atoms with Crippen LogP contribution >= 0.6 is 11.6 Å². The van der Waals surface area contributed by atoms with E-state index in [9.17, 15) is 4.79 Å². The van der Waals surface area contributed by atoms with Crippen LogP contribution in [-0.4, -0.2) is 12.5 Å². The average molecular weight is 315 g/mol. The Labute approximate surface area is 134 Å². The van der Waals surface area contributed by atoms with Gasteiger partial charge in [-0.25, -0.2) is 0 Å². The minimum absolute atomic E-state index is 0.165. The van der Waals surface area contributed by atoms with E-state index in [-0.39, 0.29) is 18.5 Å². The van der Waals surface area contributed by atoms with Gasteiger partial charge >= 0.3 is 0 Å². The predicted octanol–water partition coefficient (Wildman–Crippen LogP) is 2.47. The number of benzene rings is 2. The molecule has 0 heterocycles. The number of halogens is 1. The Balaban J connectivity index is 1.94. The third-order valence-corrected chi connectivity index (χ3v) is 3.59. The fourth-order valence-corrected chi connectivity index (χ4v) is 2.27. The number of hydrogen-bond donors (Lipinski definition) is 2. The summed E-state index contributed by atoms with van der Waals surface area (Å²) in [5.41, 5.74) is 2.00. The van der Waals surface area contributed by atoms with Crippen molar-refractivity contribution >= 4 is 23.2 Å². The number of nitrogens with one attached hydrogen (secondary N) is 1. The SMILES string of the molecule is C[C@@H]([NH2+]CC(=O)Nc1cc(Cl)ccc1C#N)c1ccccc1. The van der Waals surface area contributed by atoms with Crippen molar-refractivity contribution in [3.8, 4) is 6.07 Å². The van der Waals surface area contributed by atoms with Crippen molar-refractivity contribution in [3.05, 3.63) is 64.7 Å². The van der Waals surface area contributed by atoms with Gasteiger partial charge in [-0.3, -0.25) is 4.79 Å². The van der Waals surface area contributed by atoms with Gasteiger partial charge in [-0.05, 0) is 25.1 Å².